The first-order valence-corrected chi connectivity index (χ1v) is 8.51. The zero-order chi connectivity index (χ0) is 17.2. The van der Waals surface area contributed by atoms with Gasteiger partial charge in [0.15, 0.2) is 11.5 Å². The van der Waals surface area contributed by atoms with E-state index in [-0.39, 0.29) is 5.91 Å². The molecule has 1 aromatic heterocycles. The molecule has 1 aromatic carbocycles. The average Bonchev–Trinajstić information content (AvgIpc) is 3.16. The van der Waals surface area contributed by atoms with Gasteiger partial charge in [-0.25, -0.2) is 9.97 Å². The molecule has 0 spiro atoms. The zero-order valence-corrected chi connectivity index (χ0v) is 14.1. The number of aryl methyl sites for hydroxylation is 1. The third kappa shape index (κ3) is 3.35. The van der Waals surface area contributed by atoms with Crippen LogP contribution in [0.4, 0.5) is 11.5 Å². The molecule has 2 aliphatic rings. The lowest BCUT2D eigenvalue weighted by molar-refractivity contribution is 0.102. The molecule has 7 nitrogen and oxygen atoms in total. The fraction of sp³-hybridized carbons (Fsp3) is 0.389. The number of carbonyl (C=O) groups excluding carboxylic acids is 1. The average molecular weight is 340 g/mol. The predicted molar refractivity (Wildman–Crippen MR) is 93.6 cm³/mol. The van der Waals surface area contributed by atoms with E-state index in [2.05, 4.69) is 20.2 Å². The molecule has 0 bridgehead atoms. The predicted octanol–water partition coefficient (Wildman–Crippen LogP) is 2.41. The van der Waals surface area contributed by atoms with Gasteiger partial charge in [-0.1, -0.05) is 0 Å². The molecular formula is C18H20N4O3. The second-order valence-corrected chi connectivity index (χ2v) is 6.17. The van der Waals surface area contributed by atoms with Crippen molar-refractivity contribution in [1.29, 1.82) is 0 Å². The quantitative estimate of drug-likeness (QED) is 0.925. The maximum atomic E-state index is 12.6. The summed E-state index contributed by atoms with van der Waals surface area (Å²) in [5, 5.41) is 2.87. The van der Waals surface area contributed by atoms with Crippen LogP contribution in [0.5, 0.6) is 11.5 Å². The van der Waals surface area contributed by atoms with Gasteiger partial charge in [0.2, 0.25) is 0 Å². The summed E-state index contributed by atoms with van der Waals surface area (Å²) in [6.07, 6.45) is 2.31. The number of aromatic nitrogens is 2. The first-order valence-electron chi connectivity index (χ1n) is 8.51. The van der Waals surface area contributed by atoms with Crippen LogP contribution in [-0.4, -0.2) is 42.2 Å². The van der Waals surface area contributed by atoms with Gasteiger partial charge in [0.25, 0.3) is 5.91 Å². The van der Waals surface area contributed by atoms with Crippen LogP contribution in [0.3, 0.4) is 0 Å². The monoisotopic (exact) mass is 340 g/mol. The molecule has 4 rings (SSSR count). The summed E-state index contributed by atoms with van der Waals surface area (Å²) in [6, 6.07) is 7.11. The topological polar surface area (TPSA) is 76.6 Å². The normalized spacial score (nSPS) is 16.0. The maximum Gasteiger partial charge on any atom is 0.274 e. The van der Waals surface area contributed by atoms with E-state index in [0.29, 0.717) is 41.9 Å². The summed E-state index contributed by atoms with van der Waals surface area (Å²) in [6.45, 7) is 4.80. The Hall–Kier alpha value is -2.83. The van der Waals surface area contributed by atoms with E-state index in [1.807, 2.05) is 0 Å². The van der Waals surface area contributed by atoms with Crippen LogP contribution in [-0.2, 0) is 0 Å². The highest BCUT2D eigenvalue weighted by atomic mass is 16.6. The molecule has 0 atom stereocenters. The molecular weight excluding hydrogens is 320 g/mol. The van der Waals surface area contributed by atoms with E-state index in [1.54, 1.807) is 31.2 Å². The fourth-order valence-electron chi connectivity index (χ4n) is 3.09. The van der Waals surface area contributed by atoms with Gasteiger partial charge in [0.1, 0.15) is 30.5 Å². The number of benzene rings is 1. The third-order valence-electron chi connectivity index (χ3n) is 4.29. The lowest BCUT2D eigenvalue weighted by atomic mass is 10.2. The van der Waals surface area contributed by atoms with E-state index >= 15 is 0 Å². The molecule has 7 heteroatoms. The minimum Gasteiger partial charge on any atom is -0.486 e. The molecule has 1 N–H and O–H groups in total. The molecule has 0 unspecified atom stereocenters. The molecule has 0 radical (unpaired) electrons. The maximum absolute atomic E-state index is 12.6. The first-order chi connectivity index (χ1) is 12.2. The van der Waals surface area contributed by atoms with E-state index in [1.165, 1.54) is 0 Å². The summed E-state index contributed by atoms with van der Waals surface area (Å²) in [4.78, 5) is 23.5. The molecule has 130 valence electrons. The van der Waals surface area contributed by atoms with Crippen molar-refractivity contribution in [2.24, 2.45) is 0 Å². The van der Waals surface area contributed by atoms with Crippen molar-refractivity contribution in [3.05, 3.63) is 35.8 Å². The van der Waals surface area contributed by atoms with Gasteiger partial charge in [0.05, 0.1) is 0 Å². The van der Waals surface area contributed by atoms with Crippen LogP contribution in [0.15, 0.2) is 24.3 Å². The summed E-state index contributed by atoms with van der Waals surface area (Å²) in [7, 11) is 0. The Morgan fingerprint density at radius 2 is 1.84 bits per heavy atom. The summed E-state index contributed by atoms with van der Waals surface area (Å²) in [5.74, 6) is 2.48. The van der Waals surface area contributed by atoms with Gasteiger partial charge in [-0.3, -0.25) is 4.79 Å². The van der Waals surface area contributed by atoms with Crippen LogP contribution in [0.2, 0.25) is 0 Å². The van der Waals surface area contributed by atoms with Crippen LogP contribution >= 0.6 is 0 Å². The Balaban J connectivity index is 1.54. The van der Waals surface area contributed by atoms with Gasteiger partial charge in [-0.05, 0) is 31.9 Å². The highest BCUT2D eigenvalue weighted by Gasteiger charge is 2.18. The standard InChI is InChI=1S/C18H20N4O3/c1-12-19-14(11-17(20-12)22-6-2-3-7-22)18(23)21-13-4-5-15-16(10-13)25-9-8-24-15/h4-5,10-11H,2-3,6-9H2,1H3,(H,21,23). The van der Waals surface area contributed by atoms with Gasteiger partial charge < -0.3 is 19.7 Å². The van der Waals surface area contributed by atoms with E-state index in [4.69, 9.17) is 9.47 Å². The highest BCUT2D eigenvalue weighted by molar-refractivity contribution is 6.03. The van der Waals surface area contributed by atoms with Gasteiger partial charge in [-0.2, -0.15) is 0 Å². The molecule has 0 saturated carbocycles. The Morgan fingerprint density at radius 1 is 1.08 bits per heavy atom. The minimum atomic E-state index is -0.261. The molecule has 2 aromatic rings. The van der Waals surface area contributed by atoms with Crippen molar-refractivity contribution in [2.75, 3.05) is 36.5 Å². The zero-order valence-electron chi connectivity index (χ0n) is 14.1. The van der Waals surface area contributed by atoms with E-state index in [0.717, 1.165) is 31.7 Å². The number of carbonyl (C=O) groups is 1. The number of rotatable bonds is 3. The molecule has 3 heterocycles. The van der Waals surface area contributed by atoms with Crippen molar-refractivity contribution in [3.63, 3.8) is 0 Å². The SMILES string of the molecule is Cc1nc(C(=O)Nc2ccc3c(c2)OCCO3)cc(N2CCCC2)n1. The van der Waals surface area contributed by atoms with Crippen molar-refractivity contribution < 1.29 is 14.3 Å². The second-order valence-electron chi connectivity index (χ2n) is 6.17. The Kier molecular flexibility index (Phi) is 4.13. The molecule has 1 amide bonds. The van der Waals surface area contributed by atoms with Gasteiger partial charge >= 0.3 is 0 Å². The number of anilines is 2. The number of nitrogens with zero attached hydrogens (tertiary/aromatic N) is 3. The molecule has 1 fully saturated rings. The van der Waals surface area contributed by atoms with E-state index < -0.39 is 0 Å². The lowest BCUT2D eigenvalue weighted by Crippen LogP contribution is -2.22. The molecule has 2 aliphatic heterocycles. The smallest absolute Gasteiger partial charge is 0.274 e. The van der Waals surface area contributed by atoms with Crippen LogP contribution in [0.25, 0.3) is 0 Å². The lowest BCUT2D eigenvalue weighted by Gasteiger charge is -2.19. The molecule has 1 saturated heterocycles. The number of hydrogen-bond acceptors (Lipinski definition) is 6. The number of hydrogen-bond donors (Lipinski definition) is 1. The van der Waals surface area contributed by atoms with Crippen LogP contribution in [0, 0.1) is 6.92 Å². The summed E-state index contributed by atoms with van der Waals surface area (Å²) in [5.41, 5.74) is 1.01. The number of ether oxygens (including phenoxy) is 2. The number of amides is 1. The number of nitrogens with one attached hydrogen (secondary N) is 1. The van der Waals surface area contributed by atoms with Gasteiger partial charge in [0, 0.05) is 30.9 Å². The Bertz CT molecular complexity index is 803. The van der Waals surface area contributed by atoms with Crippen molar-refractivity contribution >= 4 is 17.4 Å². The second kappa shape index (κ2) is 6.58. The molecule has 0 aliphatic carbocycles. The van der Waals surface area contributed by atoms with E-state index in [9.17, 15) is 4.79 Å². The van der Waals surface area contributed by atoms with Crippen molar-refractivity contribution in [2.45, 2.75) is 19.8 Å². The highest BCUT2D eigenvalue weighted by Crippen LogP contribution is 2.32. The minimum absolute atomic E-state index is 0.261. The number of fused-ring (bicyclic) bond motifs is 1. The van der Waals surface area contributed by atoms with Crippen molar-refractivity contribution in [3.8, 4) is 11.5 Å². The summed E-state index contributed by atoms with van der Waals surface area (Å²) >= 11 is 0. The van der Waals surface area contributed by atoms with Crippen molar-refractivity contribution in [1.82, 2.24) is 9.97 Å². The van der Waals surface area contributed by atoms with Crippen LogP contribution < -0.4 is 19.7 Å². The molecule has 25 heavy (non-hydrogen) atoms. The Morgan fingerprint density at radius 3 is 2.64 bits per heavy atom. The van der Waals surface area contributed by atoms with Crippen LogP contribution in [0.1, 0.15) is 29.2 Å². The largest absolute Gasteiger partial charge is 0.486 e. The summed E-state index contributed by atoms with van der Waals surface area (Å²) < 4.78 is 11.0. The fourth-order valence-corrected chi connectivity index (χ4v) is 3.09. The first kappa shape index (κ1) is 15.7. The van der Waals surface area contributed by atoms with Gasteiger partial charge in [-0.15, -0.1) is 0 Å². The third-order valence-corrected chi connectivity index (χ3v) is 4.29. The Labute approximate surface area is 146 Å².